The first kappa shape index (κ1) is 16.4. The number of carbonyl (C=O) groups excluding carboxylic acids is 1. The van der Waals surface area contributed by atoms with E-state index in [0.717, 1.165) is 39.0 Å². The normalized spacial score (nSPS) is 19.4. The second-order valence-electron chi connectivity index (χ2n) is 5.08. The standard InChI is InChI=1S/C14H29N3O2/c1-4-16(5-2)14(18)12(3)17-9-6-13(7-10-17)19-11-8-15/h12-13H,4-11,15H2,1-3H3. The van der Waals surface area contributed by atoms with Gasteiger partial charge in [0.1, 0.15) is 0 Å². The minimum Gasteiger partial charge on any atom is -0.377 e. The Balaban J connectivity index is 2.39. The molecule has 112 valence electrons. The fraction of sp³-hybridized carbons (Fsp3) is 0.929. The average Bonchev–Trinajstić information content (AvgIpc) is 2.46. The summed E-state index contributed by atoms with van der Waals surface area (Å²) in [5.41, 5.74) is 5.44. The third-order valence-corrected chi connectivity index (χ3v) is 3.93. The molecule has 0 bridgehead atoms. The summed E-state index contributed by atoms with van der Waals surface area (Å²) < 4.78 is 5.66. The maximum Gasteiger partial charge on any atom is 0.239 e. The van der Waals surface area contributed by atoms with Crippen molar-refractivity contribution >= 4 is 5.91 Å². The van der Waals surface area contributed by atoms with E-state index in [1.165, 1.54) is 0 Å². The van der Waals surface area contributed by atoms with Crippen LogP contribution >= 0.6 is 0 Å². The number of amides is 1. The van der Waals surface area contributed by atoms with Crippen molar-refractivity contribution in [2.45, 2.75) is 45.8 Å². The lowest BCUT2D eigenvalue weighted by Gasteiger charge is -2.37. The van der Waals surface area contributed by atoms with Crippen molar-refractivity contribution in [3.63, 3.8) is 0 Å². The molecule has 0 saturated carbocycles. The Kier molecular flexibility index (Phi) is 7.34. The summed E-state index contributed by atoms with van der Waals surface area (Å²) in [4.78, 5) is 16.5. The molecule has 19 heavy (non-hydrogen) atoms. The number of ether oxygens (including phenoxy) is 1. The van der Waals surface area contributed by atoms with E-state index in [0.29, 0.717) is 19.3 Å². The fourth-order valence-electron chi connectivity index (χ4n) is 2.62. The second-order valence-corrected chi connectivity index (χ2v) is 5.08. The van der Waals surface area contributed by atoms with Gasteiger partial charge in [0.05, 0.1) is 18.8 Å². The lowest BCUT2D eigenvalue weighted by Crippen LogP contribution is -2.50. The molecule has 1 amide bonds. The Morgan fingerprint density at radius 3 is 2.42 bits per heavy atom. The number of piperidine rings is 1. The number of hydrogen-bond donors (Lipinski definition) is 1. The summed E-state index contributed by atoms with van der Waals surface area (Å²) in [6.45, 7) is 10.7. The number of likely N-dealkylation sites (tertiary alicyclic amines) is 1. The minimum absolute atomic E-state index is 0.0182. The van der Waals surface area contributed by atoms with E-state index in [4.69, 9.17) is 10.5 Å². The van der Waals surface area contributed by atoms with Gasteiger partial charge in [-0.1, -0.05) is 0 Å². The van der Waals surface area contributed by atoms with Gasteiger partial charge in [-0.2, -0.15) is 0 Å². The third-order valence-electron chi connectivity index (χ3n) is 3.93. The van der Waals surface area contributed by atoms with Crippen molar-refractivity contribution in [2.24, 2.45) is 5.73 Å². The highest BCUT2D eigenvalue weighted by Gasteiger charge is 2.28. The Hall–Kier alpha value is -0.650. The van der Waals surface area contributed by atoms with Crippen molar-refractivity contribution < 1.29 is 9.53 Å². The number of nitrogens with zero attached hydrogens (tertiary/aromatic N) is 2. The molecule has 2 N–H and O–H groups in total. The highest BCUT2D eigenvalue weighted by atomic mass is 16.5. The first-order chi connectivity index (χ1) is 9.13. The van der Waals surface area contributed by atoms with Crippen LogP contribution in [0, 0.1) is 0 Å². The summed E-state index contributed by atoms with van der Waals surface area (Å²) in [5, 5.41) is 0. The lowest BCUT2D eigenvalue weighted by atomic mass is 10.1. The monoisotopic (exact) mass is 271 g/mol. The maximum atomic E-state index is 12.3. The molecule has 0 radical (unpaired) electrons. The number of carbonyl (C=O) groups is 1. The van der Waals surface area contributed by atoms with Crippen LogP contribution in [-0.2, 0) is 9.53 Å². The fourth-order valence-corrected chi connectivity index (χ4v) is 2.62. The third kappa shape index (κ3) is 4.75. The Morgan fingerprint density at radius 2 is 1.95 bits per heavy atom. The molecular formula is C14H29N3O2. The molecule has 1 aliphatic heterocycles. The van der Waals surface area contributed by atoms with E-state index >= 15 is 0 Å². The van der Waals surface area contributed by atoms with Gasteiger partial charge in [-0.15, -0.1) is 0 Å². The molecule has 1 unspecified atom stereocenters. The molecule has 1 heterocycles. The number of rotatable bonds is 7. The number of nitrogens with two attached hydrogens (primary N) is 1. The zero-order valence-corrected chi connectivity index (χ0v) is 12.6. The van der Waals surface area contributed by atoms with Gasteiger partial charge in [-0.25, -0.2) is 0 Å². The van der Waals surface area contributed by atoms with Crippen LogP contribution in [0.15, 0.2) is 0 Å². The highest BCUT2D eigenvalue weighted by Crippen LogP contribution is 2.16. The molecule has 1 fully saturated rings. The van der Waals surface area contributed by atoms with Crippen molar-refractivity contribution in [1.82, 2.24) is 9.80 Å². The molecule has 0 aromatic heterocycles. The van der Waals surface area contributed by atoms with Crippen LogP contribution in [0.2, 0.25) is 0 Å². The predicted octanol–water partition coefficient (Wildman–Crippen LogP) is 0.683. The van der Waals surface area contributed by atoms with E-state index in [-0.39, 0.29) is 11.9 Å². The van der Waals surface area contributed by atoms with Gasteiger partial charge < -0.3 is 15.4 Å². The molecule has 1 saturated heterocycles. The first-order valence-corrected chi connectivity index (χ1v) is 7.48. The Morgan fingerprint density at radius 1 is 1.37 bits per heavy atom. The average molecular weight is 271 g/mol. The van der Waals surface area contributed by atoms with Gasteiger partial charge >= 0.3 is 0 Å². The van der Waals surface area contributed by atoms with Gasteiger partial charge in [0.2, 0.25) is 5.91 Å². The molecular weight excluding hydrogens is 242 g/mol. The zero-order chi connectivity index (χ0) is 14.3. The van der Waals surface area contributed by atoms with Crippen molar-refractivity contribution in [1.29, 1.82) is 0 Å². The molecule has 0 aromatic carbocycles. The van der Waals surface area contributed by atoms with Crippen LogP contribution in [0.5, 0.6) is 0 Å². The van der Waals surface area contributed by atoms with Crippen LogP contribution in [-0.4, -0.2) is 67.2 Å². The van der Waals surface area contributed by atoms with E-state index in [1.54, 1.807) is 0 Å². The maximum absolute atomic E-state index is 12.3. The molecule has 0 aliphatic carbocycles. The number of likely N-dealkylation sites (N-methyl/N-ethyl adjacent to an activating group) is 1. The first-order valence-electron chi connectivity index (χ1n) is 7.48. The van der Waals surface area contributed by atoms with Crippen LogP contribution in [0.4, 0.5) is 0 Å². The van der Waals surface area contributed by atoms with E-state index in [2.05, 4.69) is 4.90 Å². The molecule has 1 atom stereocenters. The summed E-state index contributed by atoms with van der Waals surface area (Å²) in [6.07, 6.45) is 2.31. The molecule has 0 spiro atoms. The molecule has 1 rings (SSSR count). The predicted molar refractivity (Wildman–Crippen MR) is 77.0 cm³/mol. The summed E-state index contributed by atoms with van der Waals surface area (Å²) >= 11 is 0. The Bertz CT molecular complexity index is 261. The van der Waals surface area contributed by atoms with Crippen LogP contribution < -0.4 is 5.73 Å². The lowest BCUT2D eigenvalue weighted by molar-refractivity contribution is -0.137. The Labute approximate surface area is 117 Å². The van der Waals surface area contributed by atoms with Gasteiger partial charge in [0.25, 0.3) is 0 Å². The molecule has 0 aromatic rings. The summed E-state index contributed by atoms with van der Waals surface area (Å²) in [6, 6.07) is -0.0182. The van der Waals surface area contributed by atoms with Gasteiger partial charge in [0.15, 0.2) is 0 Å². The van der Waals surface area contributed by atoms with Crippen molar-refractivity contribution in [3.8, 4) is 0 Å². The quantitative estimate of drug-likeness (QED) is 0.740. The topological polar surface area (TPSA) is 58.8 Å². The molecule has 1 aliphatic rings. The van der Waals surface area contributed by atoms with Gasteiger partial charge in [-0.3, -0.25) is 9.69 Å². The van der Waals surface area contributed by atoms with Crippen molar-refractivity contribution in [3.05, 3.63) is 0 Å². The minimum atomic E-state index is -0.0182. The largest absolute Gasteiger partial charge is 0.377 e. The second kappa shape index (κ2) is 8.51. The summed E-state index contributed by atoms with van der Waals surface area (Å²) in [5.74, 6) is 0.242. The summed E-state index contributed by atoms with van der Waals surface area (Å²) in [7, 11) is 0. The smallest absolute Gasteiger partial charge is 0.239 e. The number of hydrogen-bond acceptors (Lipinski definition) is 4. The van der Waals surface area contributed by atoms with Crippen LogP contribution in [0.1, 0.15) is 33.6 Å². The molecule has 5 heteroatoms. The highest BCUT2D eigenvalue weighted by molar-refractivity contribution is 5.81. The van der Waals surface area contributed by atoms with Gasteiger partial charge in [0, 0.05) is 32.7 Å². The van der Waals surface area contributed by atoms with Gasteiger partial charge in [-0.05, 0) is 33.6 Å². The van der Waals surface area contributed by atoms with E-state index in [9.17, 15) is 4.79 Å². The van der Waals surface area contributed by atoms with Crippen molar-refractivity contribution in [2.75, 3.05) is 39.3 Å². The SMILES string of the molecule is CCN(CC)C(=O)C(C)N1CCC(OCCN)CC1. The van der Waals surface area contributed by atoms with E-state index in [1.807, 2.05) is 25.7 Å². The van der Waals surface area contributed by atoms with E-state index < -0.39 is 0 Å². The van der Waals surface area contributed by atoms with Crippen LogP contribution in [0.25, 0.3) is 0 Å². The molecule has 5 nitrogen and oxygen atoms in total. The van der Waals surface area contributed by atoms with Crippen LogP contribution in [0.3, 0.4) is 0 Å². The zero-order valence-electron chi connectivity index (χ0n) is 12.6.